The average molecular weight is 799 g/mol. The van der Waals surface area contributed by atoms with Crippen molar-refractivity contribution in [2.24, 2.45) is 0 Å². The molecule has 6 rings (SSSR count). The number of rotatable bonds is 15. The molecule has 1 fully saturated rings. The minimum atomic E-state index is -1.30. The number of hydrogen-bond donors (Lipinski definition) is 0. The molecule has 1 saturated heterocycles. The minimum absolute atomic E-state index is 0.0478. The highest BCUT2D eigenvalue weighted by Crippen LogP contribution is 2.32. The molecule has 0 saturated carbocycles. The number of para-hydroxylation sites is 1. The quantitative estimate of drug-likeness (QED) is 0.0765. The lowest BCUT2D eigenvalue weighted by Crippen LogP contribution is -2.62. The first-order valence-electron chi connectivity index (χ1n) is 16.8. The highest BCUT2D eigenvalue weighted by Gasteiger charge is 2.50. The van der Waals surface area contributed by atoms with Crippen LogP contribution >= 0.6 is 46.4 Å². The second-order valence-corrected chi connectivity index (χ2v) is 13.9. The Morgan fingerprint density at radius 1 is 0.509 bits per heavy atom. The Morgan fingerprint density at radius 2 is 0.925 bits per heavy atom. The van der Waals surface area contributed by atoms with E-state index in [4.69, 9.17) is 79.6 Å². The van der Waals surface area contributed by atoms with Gasteiger partial charge >= 0.3 is 6.16 Å². The molecule has 1 aliphatic rings. The van der Waals surface area contributed by atoms with Crippen molar-refractivity contribution in [2.45, 2.75) is 57.1 Å². The molecule has 0 spiro atoms. The third-order valence-corrected chi connectivity index (χ3v) is 9.29. The van der Waals surface area contributed by atoms with Crippen LogP contribution in [0, 0.1) is 0 Å². The number of carbonyl (C=O) groups excluding carboxylic acids is 1. The number of benzene rings is 5. The first kappa shape index (κ1) is 39.0. The van der Waals surface area contributed by atoms with E-state index in [-0.39, 0.29) is 33.0 Å². The first-order valence-corrected chi connectivity index (χ1v) is 18.3. The topological polar surface area (TPSA) is 81.7 Å². The van der Waals surface area contributed by atoms with Gasteiger partial charge in [0.25, 0.3) is 0 Å². The Labute approximate surface area is 328 Å². The van der Waals surface area contributed by atoms with E-state index in [9.17, 15) is 4.79 Å². The average Bonchev–Trinajstić information content (AvgIpc) is 3.16. The molecule has 0 aliphatic carbocycles. The summed E-state index contributed by atoms with van der Waals surface area (Å²) in [6, 6.07) is 37.8. The van der Waals surface area contributed by atoms with Gasteiger partial charge in [-0.3, -0.25) is 0 Å². The SMILES string of the molecule is O=C(Oc1ccccc1)O[C@@H]1O[C@H](COCc2ccc(Cl)cc2)[C@@H](OCc2ccc(Cl)cc2)[C@H](OCc2ccc(Cl)cc2)[C@H]1OCc1ccc(Cl)cc1. The van der Waals surface area contributed by atoms with Crippen molar-refractivity contribution in [3.05, 3.63) is 170 Å². The van der Waals surface area contributed by atoms with E-state index in [1.807, 2.05) is 54.6 Å². The fourth-order valence-electron chi connectivity index (χ4n) is 5.57. The summed E-state index contributed by atoms with van der Waals surface area (Å²) < 4.78 is 43.9. The van der Waals surface area contributed by atoms with Crippen molar-refractivity contribution < 1.29 is 38.0 Å². The van der Waals surface area contributed by atoms with Crippen molar-refractivity contribution >= 4 is 52.6 Å². The smallest absolute Gasteiger partial charge is 0.401 e. The maximum atomic E-state index is 13.3. The van der Waals surface area contributed by atoms with Crippen molar-refractivity contribution in [2.75, 3.05) is 6.61 Å². The van der Waals surface area contributed by atoms with Crippen molar-refractivity contribution in [3.63, 3.8) is 0 Å². The molecular formula is C41H36Cl4O8. The molecule has 0 bridgehead atoms. The number of carbonyl (C=O) groups is 1. The predicted molar refractivity (Wildman–Crippen MR) is 203 cm³/mol. The van der Waals surface area contributed by atoms with Gasteiger partial charge < -0.3 is 33.2 Å². The lowest BCUT2D eigenvalue weighted by Gasteiger charge is -2.45. The summed E-state index contributed by atoms with van der Waals surface area (Å²) >= 11 is 24.6. The van der Waals surface area contributed by atoms with Gasteiger partial charge in [0, 0.05) is 20.1 Å². The van der Waals surface area contributed by atoms with Gasteiger partial charge in [-0.05, 0) is 82.9 Å². The monoisotopic (exact) mass is 796 g/mol. The van der Waals surface area contributed by atoms with Crippen LogP contribution in [0.15, 0.2) is 127 Å². The number of halogens is 4. The second-order valence-electron chi connectivity index (χ2n) is 12.2. The highest BCUT2D eigenvalue weighted by atomic mass is 35.5. The summed E-state index contributed by atoms with van der Waals surface area (Å²) in [5, 5.41) is 2.40. The van der Waals surface area contributed by atoms with Crippen LogP contribution in [-0.2, 0) is 54.8 Å². The van der Waals surface area contributed by atoms with Gasteiger partial charge in [-0.1, -0.05) is 113 Å². The zero-order valence-electron chi connectivity index (χ0n) is 28.3. The van der Waals surface area contributed by atoms with Gasteiger partial charge in [-0.2, -0.15) is 0 Å². The van der Waals surface area contributed by atoms with Crippen LogP contribution in [0.4, 0.5) is 4.79 Å². The Balaban J connectivity index is 1.32. The zero-order chi connectivity index (χ0) is 37.0. The third kappa shape index (κ3) is 11.9. The first-order chi connectivity index (χ1) is 25.8. The molecule has 53 heavy (non-hydrogen) atoms. The van der Waals surface area contributed by atoms with Crippen molar-refractivity contribution in [3.8, 4) is 5.75 Å². The van der Waals surface area contributed by atoms with Gasteiger partial charge in [-0.15, -0.1) is 0 Å². The zero-order valence-corrected chi connectivity index (χ0v) is 31.3. The van der Waals surface area contributed by atoms with Gasteiger partial charge in [0.15, 0.2) is 0 Å². The fourth-order valence-corrected chi connectivity index (χ4v) is 6.08. The van der Waals surface area contributed by atoms with E-state index in [2.05, 4.69) is 0 Å². The number of ether oxygens (including phenoxy) is 7. The summed E-state index contributed by atoms with van der Waals surface area (Å²) in [4.78, 5) is 13.3. The molecular weight excluding hydrogens is 762 g/mol. The van der Waals surface area contributed by atoms with Crippen molar-refractivity contribution in [1.82, 2.24) is 0 Å². The molecule has 0 N–H and O–H groups in total. The van der Waals surface area contributed by atoms with Crippen LogP contribution < -0.4 is 4.74 Å². The molecule has 12 heteroatoms. The molecule has 5 aromatic carbocycles. The largest absolute Gasteiger partial charge is 0.516 e. The molecule has 0 unspecified atom stereocenters. The summed E-state index contributed by atoms with van der Waals surface area (Å²) in [6.07, 6.45) is -5.70. The Morgan fingerprint density at radius 3 is 1.40 bits per heavy atom. The van der Waals surface area contributed by atoms with Crippen LogP contribution in [-0.4, -0.2) is 43.5 Å². The van der Waals surface area contributed by atoms with Crippen LogP contribution in [0.2, 0.25) is 20.1 Å². The molecule has 1 heterocycles. The van der Waals surface area contributed by atoms with Gasteiger partial charge in [0.2, 0.25) is 6.29 Å². The van der Waals surface area contributed by atoms with Crippen LogP contribution in [0.5, 0.6) is 5.75 Å². The van der Waals surface area contributed by atoms with Crippen LogP contribution in [0.3, 0.4) is 0 Å². The highest BCUT2D eigenvalue weighted by molar-refractivity contribution is 6.31. The predicted octanol–water partition coefficient (Wildman–Crippen LogP) is 10.5. The fraction of sp³-hybridized carbons (Fsp3) is 0.244. The van der Waals surface area contributed by atoms with Gasteiger partial charge in [-0.25, -0.2) is 4.79 Å². The van der Waals surface area contributed by atoms with Crippen molar-refractivity contribution in [1.29, 1.82) is 0 Å². The van der Waals surface area contributed by atoms with E-state index < -0.39 is 36.9 Å². The normalized spacial score (nSPS) is 19.8. The summed E-state index contributed by atoms with van der Waals surface area (Å²) in [7, 11) is 0. The van der Waals surface area contributed by atoms with E-state index >= 15 is 0 Å². The molecule has 5 aromatic rings. The standard InChI is InChI=1S/C41H36Cl4O8/c42-31-14-6-27(7-15-31)22-47-26-36-37(48-23-28-8-16-32(43)17-9-28)38(49-24-29-10-18-33(44)19-11-29)39(50-25-30-12-20-34(45)21-13-30)40(52-36)53-41(46)51-35-4-2-1-3-5-35/h1-21,36-40H,22-26H2/t36-,37-,38+,39-,40+/m1/s1. The molecule has 5 atom stereocenters. The lowest BCUT2D eigenvalue weighted by atomic mass is 9.97. The van der Waals surface area contributed by atoms with Gasteiger partial charge in [0.1, 0.15) is 30.2 Å². The van der Waals surface area contributed by atoms with Gasteiger partial charge in [0.05, 0.1) is 33.0 Å². The molecule has 276 valence electrons. The molecule has 8 nitrogen and oxygen atoms in total. The number of hydrogen-bond acceptors (Lipinski definition) is 8. The Bertz CT molecular complexity index is 1860. The minimum Gasteiger partial charge on any atom is -0.401 e. The van der Waals surface area contributed by atoms with E-state index in [1.54, 1.807) is 72.8 Å². The van der Waals surface area contributed by atoms with Crippen LogP contribution in [0.1, 0.15) is 22.3 Å². The Hall–Kier alpha value is -3.67. The summed E-state index contributed by atoms with van der Waals surface area (Å²) in [5.74, 6) is 0.300. The lowest BCUT2D eigenvalue weighted by molar-refractivity contribution is -0.317. The Kier molecular flexibility index (Phi) is 14.4. The van der Waals surface area contributed by atoms with E-state index in [0.717, 1.165) is 22.3 Å². The maximum absolute atomic E-state index is 13.3. The molecule has 0 amide bonds. The summed E-state index contributed by atoms with van der Waals surface area (Å²) in [6.45, 7) is 0.761. The third-order valence-electron chi connectivity index (χ3n) is 8.28. The molecule has 1 aliphatic heterocycles. The maximum Gasteiger partial charge on any atom is 0.516 e. The van der Waals surface area contributed by atoms with Crippen LogP contribution in [0.25, 0.3) is 0 Å². The van der Waals surface area contributed by atoms with E-state index in [1.165, 1.54) is 0 Å². The second kappa shape index (κ2) is 19.6. The molecule has 0 radical (unpaired) electrons. The summed E-state index contributed by atoms with van der Waals surface area (Å²) in [5.41, 5.74) is 3.45. The molecule has 0 aromatic heterocycles. The van der Waals surface area contributed by atoms with E-state index in [0.29, 0.717) is 25.8 Å².